The van der Waals surface area contributed by atoms with Crippen molar-refractivity contribution in [2.24, 2.45) is 0 Å². The first-order valence-corrected chi connectivity index (χ1v) is 14.3. The Morgan fingerprint density at radius 1 is 0.900 bits per heavy atom. The molecule has 14 nitrogen and oxygen atoms in total. The third kappa shape index (κ3) is 5.14. The molecule has 0 saturated carbocycles. The summed E-state index contributed by atoms with van der Waals surface area (Å²) in [4.78, 5) is 10.3. The number of hydrogen-bond donors (Lipinski definition) is 4. The van der Waals surface area contributed by atoms with Crippen LogP contribution in [0.1, 0.15) is 5.56 Å². The van der Waals surface area contributed by atoms with Crippen molar-refractivity contribution in [1.82, 2.24) is 10.0 Å². The van der Waals surface area contributed by atoms with Crippen molar-refractivity contribution < 1.29 is 47.2 Å². The van der Waals surface area contributed by atoms with Crippen LogP contribution in [0.15, 0.2) is 59.5 Å². The van der Waals surface area contributed by atoms with E-state index in [1.807, 2.05) is 30.3 Å². The first-order chi connectivity index (χ1) is 19.2. The van der Waals surface area contributed by atoms with Gasteiger partial charge >= 0.3 is 0 Å². The number of nitro benzene ring substituents is 1. The van der Waals surface area contributed by atoms with Crippen molar-refractivity contribution in [3.63, 3.8) is 0 Å². The van der Waals surface area contributed by atoms with Crippen molar-refractivity contribution in [1.29, 1.82) is 0 Å². The van der Waals surface area contributed by atoms with Gasteiger partial charge in [0.1, 0.15) is 30.5 Å². The number of ether oxygens (including phenoxy) is 5. The molecule has 40 heavy (non-hydrogen) atoms. The second-order valence-electron chi connectivity index (χ2n) is 10.1. The predicted molar refractivity (Wildman–Crippen MR) is 134 cm³/mol. The van der Waals surface area contributed by atoms with Crippen molar-refractivity contribution in [2.45, 2.75) is 72.7 Å². The monoisotopic (exact) mass is 579 g/mol. The molecule has 4 fully saturated rings. The summed E-state index contributed by atoms with van der Waals surface area (Å²) in [6.07, 6.45) is -6.69. The highest BCUT2D eigenvalue weighted by atomic mass is 32.2. The minimum atomic E-state index is -4.46. The molecule has 4 N–H and O–H groups in total. The lowest BCUT2D eigenvalue weighted by molar-refractivity contribution is -0.387. The number of aliphatic hydroxyl groups is 2. The Kier molecular flexibility index (Phi) is 7.60. The van der Waals surface area contributed by atoms with Crippen LogP contribution in [0, 0.1) is 10.1 Å². The summed E-state index contributed by atoms with van der Waals surface area (Å²) < 4.78 is 58.6. The number of fused-ring (bicyclic) bond motifs is 4. The molecule has 4 aliphatic rings. The normalized spacial score (nSPS) is 37.0. The summed E-state index contributed by atoms with van der Waals surface area (Å²) in [5, 5.41) is 36.6. The average Bonchev–Trinajstić information content (AvgIpc) is 3.60. The van der Waals surface area contributed by atoms with E-state index in [1.165, 1.54) is 12.1 Å². The zero-order valence-corrected chi connectivity index (χ0v) is 21.8. The number of nitrogens with zero attached hydrogens (tertiary/aromatic N) is 1. The molecule has 0 aliphatic carbocycles. The van der Waals surface area contributed by atoms with Crippen LogP contribution in [0.2, 0.25) is 0 Å². The SMILES string of the molecule is O=[N+]([O-])c1ccccc1S(=O)(=O)N[C@H]1[C@H](N[C@@H]2[C@@H](O)[C@@H]3OC[C@@H](O3)[C@H]2O)[C@@H](OCc2ccccc2)[C@@H]2OC[C@H]1O2. The zero-order chi connectivity index (χ0) is 28.0. The van der Waals surface area contributed by atoms with Crippen LogP contribution < -0.4 is 10.0 Å². The maximum absolute atomic E-state index is 13.5. The highest BCUT2D eigenvalue weighted by Crippen LogP contribution is 2.35. The van der Waals surface area contributed by atoms with Crippen molar-refractivity contribution in [3.8, 4) is 0 Å². The minimum Gasteiger partial charge on any atom is -0.389 e. The standard InChI is InChI=1S/C25H29N3O11S/c29-21-16-12-36-24(39-16)22(30)20(21)26-19-18(27-40(33,34)17-9-5-4-8-14(17)28(31)32)15-11-37-25(38-15)23(19)35-10-13-6-2-1-3-7-13/h1-9,15-16,18-27,29-30H,10-12H2/t15-,16-,18-,19+,20+,21-,22-,23-,24-,25-/m1/s1. The Morgan fingerprint density at radius 2 is 1.57 bits per heavy atom. The van der Waals surface area contributed by atoms with Crippen molar-refractivity contribution in [3.05, 3.63) is 70.3 Å². The zero-order valence-electron chi connectivity index (χ0n) is 21.0. The number of rotatable bonds is 9. The Bertz CT molecular complexity index is 1320. The van der Waals surface area contributed by atoms with Gasteiger partial charge in [-0.3, -0.25) is 10.1 Å². The van der Waals surface area contributed by atoms with Crippen molar-refractivity contribution in [2.75, 3.05) is 13.2 Å². The number of benzene rings is 2. The van der Waals surface area contributed by atoms with Crippen LogP contribution in [-0.2, 0) is 40.3 Å². The highest BCUT2D eigenvalue weighted by molar-refractivity contribution is 7.89. The lowest BCUT2D eigenvalue weighted by Crippen LogP contribution is -2.71. The van der Waals surface area contributed by atoms with E-state index in [1.54, 1.807) is 0 Å². The van der Waals surface area contributed by atoms with E-state index in [2.05, 4.69) is 10.0 Å². The van der Waals surface area contributed by atoms with Crippen LogP contribution >= 0.6 is 0 Å². The lowest BCUT2D eigenvalue weighted by Gasteiger charge is -2.45. The van der Waals surface area contributed by atoms with Gasteiger partial charge in [-0.05, 0) is 11.6 Å². The van der Waals surface area contributed by atoms with Gasteiger partial charge in [-0.1, -0.05) is 42.5 Å². The Hall–Kier alpha value is -2.57. The van der Waals surface area contributed by atoms with Gasteiger partial charge in [0.2, 0.25) is 10.0 Å². The molecular formula is C25H29N3O11S. The molecule has 4 heterocycles. The van der Waals surface area contributed by atoms with E-state index in [-0.39, 0.29) is 19.8 Å². The molecule has 6 rings (SSSR count). The van der Waals surface area contributed by atoms with Crippen LogP contribution in [0.3, 0.4) is 0 Å². The highest BCUT2D eigenvalue weighted by Gasteiger charge is 2.56. The average molecular weight is 580 g/mol. The fraction of sp³-hybridized carbons (Fsp3) is 0.520. The number of nitro groups is 1. The van der Waals surface area contributed by atoms with Crippen LogP contribution in [0.4, 0.5) is 5.69 Å². The van der Waals surface area contributed by atoms with Crippen LogP contribution in [-0.4, -0.2) is 98.0 Å². The summed E-state index contributed by atoms with van der Waals surface area (Å²) in [5.41, 5.74) is 0.258. The fourth-order valence-corrected chi connectivity index (χ4v) is 7.06. The molecule has 0 amide bonds. The number of aliphatic hydroxyl groups excluding tert-OH is 2. The molecule has 0 unspecified atom stereocenters. The summed E-state index contributed by atoms with van der Waals surface area (Å²) in [6, 6.07) is 11.3. The van der Waals surface area contributed by atoms with Gasteiger partial charge in [0.25, 0.3) is 5.69 Å². The van der Waals surface area contributed by atoms with Gasteiger partial charge in [-0.25, -0.2) is 13.1 Å². The summed E-state index contributed by atoms with van der Waals surface area (Å²) in [7, 11) is -4.46. The first kappa shape index (κ1) is 27.6. The Labute approximate surface area is 229 Å². The Morgan fingerprint density at radius 3 is 2.35 bits per heavy atom. The maximum Gasteiger partial charge on any atom is 0.289 e. The van der Waals surface area contributed by atoms with Gasteiger partial charge in [0.15, 0.2) is 17.5 Å². The van der Waals surface area contributed by atoms with Crippen molar-refractivity contribution >= 4 is 15.7 Å². The molecule has 4 bridgehead atoms. The number of nitrogens with one attached hydrogen (secondary N) is 2. The molecule has 2 aromatic carbocycles. The molecule has 4 saturated heterocycles. The smallest absolute Gasteiger partial charge is 0.289 e. The molecule has 15 heteroatoms. The maximum atomic E-state index is 13.5. The third-order valence-electron chi connectivity index (χ3n) is 7.59. The van der Waals surface area contributed by atoms with Gasteiger partial charge in [0, 0.05) is 6.07 Å². The van der Waals surface area contributed by atoms with Crippen LogP contribution in [0.5, 0.6) is 0 Å². The van der Waals surface area contributed by atoms with E-state index in [4.69, 9.17) is 23.7 Å². The predicted octanol–water partition coefficient (Wildman–Crippen LogP) is -0.614. The summed E-state index contributed by atoms with van der Waals surface area (Å²) in [6.45, 7) is 0.241. The molecule has 216 valence electrons. The number of sulfonamides is 1. The van der Waals surface area contributed by atoms with E-state index in [9.17, 15) is 28.7 Å². The molecule has 4 aliphatic heterocycles. The molecule has 2 aromatic rings. The van der Waals surface area contributed by atoms with E-state index in [0.29, 0.717) is 0 Å². The van der Waals surface area contributed by atoms with E-state index >= 15 is 0 Å². The molecule has 10 atom stereocenters. The van der Waals surface area contributed by atoms with Gasteiger partial charge in [-0.2, -0.15) is 0 Å². The van der Waals surface area contributed by atoms with Gasteiger partial charge in [-0.15, -0.1) is 0 Å². The van der Waals surface area contributed by atoms with E-state index < -0.39 is 86.8 Å². The Balaban J connectivity index is 1.33. The van der Waals surface area contributed by atoms with Gasteiger partial charge < -0.3 is 39.2 Å². The second kappa shape index (κ2) is 11.0. The second-order valence-corrected chi connectivity index (χ2v) is 11.8. The molecule has 0 radical (unpaired) electrons. The lowest BCUT2D eigenvalue weighted by atomic mass is 9.91. The fourth-order valence-electron chi connectivity index (χ4n) is 5.60. The quantitative estimate of drug-likeness (QED) is 0.218. The molecule has 0 aromatic heterocycles. The summed E-state index contributed by atoms with van der Waals surface area (Å²) in [5.74, 6) is 0. The molecule has 0 spiro atoms. The number of hydrogen-bond acceptors (Lipinski definition) is 12. The minimum absolute atomic E-state index is 0.0192. The largest absolute Gasteiger partial charge is 0.389 e. The first-order valence-electron chi connectivity index (χ1n) is 12.8. The third-order valence-corrected chi connectivity index (χ3v) is 9.09. The van der Waals surface area contributed by atoms with Crippen LogP contribution in [0.25, 0.3) is 0 Å². The molecular weight excluding hydrogens is 550 g/mol. The van der Waals surface area contributed by atoms with Gasteiger partial charge in [0.05, 0.1) is 42.9 Å². The summed E-state index contributed by atoms with van der Waals surface area (Å²) >= 11 is 0. The topological polar surface area (TPSA) is 188 Å². The van der Waals surface area contributed by atoms with E-state index in [0.717, 1.165) is 17.7 Å². The number of para-hydroxylation sites is 1.